The molecule has 0 spiro atoms. The molecule has 0 amide bonds. The van der Waals surface area contributed by atoms with E-state index in [1.165, 1.54) is 0 Å². The van der Waals surface area contributed by atoms with E-state index in [4.69, 9.17) is 0 Å². The van der Waals surface area contributed by atoms with Crippen molar-refractivity contribution in [3.8, 4) is 0 Å². The van der Waals surface area contributed by atoms with E-state index in [0.29, 0.717) is 18.8 Å². The summed E-state index contributed by atoms with van der Waals surface area (Å²) in [6, 6.07) is 0. The summed E-state index contributed by atoms with van der Waals surface area (Å²) in [5.41, 5.74) is 0. The number of hydrogen-bond donors (Lipinski definition) is 0. The number of carbonyl (C=O) groups is 1. The Balaban J connectivity index is 2.42. The van der Waals surface area contributed by atoms with E-state index in [1.54, 1.807) is 0 Å². The molecule has 2 atom stereocenters. The molecule has 1 aliphatic rings. The van der Waals surface area contributed by atoms with Crippen LogP contribution < -0.4 is 0 Å². The number of hydrogen-bond acceptors (Lipinski definition) is 3. The predicted octanol–water partition coefficient (Wildman–Crippen LogP) is 2.60. The molecule has 1 fully saturated rings. The fraction of sp³-hybridized carbons (Fsp3) is 0.923. The topological polar surface area (TPSA) is 51.2 Å². The summed E-state index contributed by atoms with van der Waals surface area (Å²) in [7, 11) is -2.92. The Morgan fingerprint density at radius 3 is 2.53 bits per heavy atom. The zero-order valence-electron chi connectivity index (χ0n) is 10.9. The van der Waals surface area contributed by atoms with E-state index < -0.39 is 9.84 Å². The lowest BCUT2D eigenvalue weighted by Crippen LogP contribution is -2.19. The van der Waals surface area contributed by atoms with Crippen LogP contribution in [0.2, 0.25) is 0 Å². The lowest BCUT2D eigenvalue weighted by Gasteiger charge is -2.15. The number of Topliss-reactive ketones (excluding diaryl/α,β-unsaturated/α-hetero) is 1. The Kier molecular flexibility index (Phi) is 5.63. The first-order valence-corrected chi connectivity index (χ1v) is 8.53. The van der Waals surface area contributed by atoms with E-state index in [2.05, 4.69) is 13.8 Å². The maximum absolute atomic E-state index is 12.0. The Labute approximate surface area is 105 Å². The highest BCUT2D eigenvalue weighted by atomic mass is 32.2. The minimum atomic E-state index is -2.92. The van der Waals surface area contributed by atoms with Gasteiger partial charge in [-0.05, 0) is 12.3 Å². The third-order valence-electron chi connectivity index (χ3n) is 3.72. The standard InChI is InChI=1S/C13H24O3S/c1-3-5-6-11(4-2)9-13(14)12-7-8-17(15,16)10-12/h11-12H,3-10H2,1-2H3. The Morgan fingerprint density at radius 2 is 2.06 bits per heavy atom. The van der Waals surface area contributed by atoms with Crippen LogP contribution in [0.4, 0.5) is 0 Å². The molecule has 3 nitrogen and oxygen atoms in total. The normalized spacial score (nSPS) is 24.7. The summed E-state index contributed by atoms with van der Waals surface area (Å²) in [4.78, 5) is 12.0. The fourth-order valence-corrected chi connectivity index (χ4v) is 4.22. The Hall–Kier alpha value is -0.380. The second kappa shape index (κ2) is 6.53. The van der Waals surface area contributed by atoms with Crippen molar-refractivity contribution in [2.75, 3.05) is 11.5 Å². The van der Waals surface area contributed by atoms with Crippen LogP contribution in [0.5, 0.6) is 0 Å². The van der Waals surface area contributed by atoms with Crippen LogP contribution in [0.1, 0.15) is 52.4 Å². The molecule has 0 saturated carbocycles. The number of unbranched alkanes of at least 4 members (excludes halogenated alkanes) is 1. The molecule has 0 N–H and O–H groups in total. The first-order chi connectivity index (χ1) is 7.98. The monoisotopic (exact) mass is 260 g/mol. The second-order valence-corrected chi connectivity index (χ2v) is 7.42. The summed E-state index contributed by atoms with van der Waals surface area (Å²) in [6.45, 7) is 4.26. The average Bonchev–Trinajstić information content (AvgIpc) is 2.64. The second-order valence-electron chi connectivity index (χ2n) is 5.19. The molecule has 0 aromatic rings. The highest BCUT2D eigenvalue weighted by Gasteiger charge is 2.33. The molecule has 100 valence electrons. The van der Waals surface area contributed by atoms with Gasteiger partial charge in [0.2, 0.25) is 0 Å². The van der Waals surface area contributed by atoms with Gasteiger partial charge in [0.05, 0.1) is 11.5 Å². The fourth-order valence-electron chi connectivity index (χ4n) is 2.44. The molecule has 1 rings (SSSR count). The lowest BCUT2D eigenvalue weighted by molar-refractivity contribution is -0.123. The molecule has 17 heavy (non-hydrogen) atoms. The first kappa shape index (κ1) is 14.7. The van der Waals surface area contributed by atoms with Gasteiger partial charge in [-0.2, -0.15) is 0 Å². The highest BCUT2D eigenvalue weighted by Crippen LogP contribution is 2.25. The summed E-state index contributed by atoms with van der Waals surface area (Å²) in [5, 5.41) is 0. The van der Waals surface area contributed by atoms with E-state index in [-0.39, 0.29) is 23.2 Å². The van der Waals surface area contributed by atoms with Crippen molar-refractivity contribution in [3.63, 3.8) is 0 Å². The van der Waals surface area contributed by atoms with Crippen LogP contribution in [0.25, 0.3) is 0 Å². The van der Waals surface area contributed by atoms with Crippen molar-refractivity contribution in [1.82, 2.24) is 0 Å². The van der Waals surface area contributed by atoms with Gasteiger partial charge >= 0.3 is 0 Å². The van der Waals surface area contributed by atoms with Gasteiger partial charge in [0.15, 0.2) is 9.84 Å². The maximum Gasteiger partial charge on any atom is 0.151 e. The maximum atomic E-state index is 12.0. The first-order valence-electron chi connectivity index (χ1n) is 6.71. The molecule has 1 aliphatic heterocycles. The van der Waals surface area contributed by atoms with Crippen LogP contribution in [0, 0.1) is 11.8 Å². The highest BCUT2D eigenvalue weighted by molar-refractivity contribution is 7.91. The van der Waals surface area contributed by atoms with Gasteiger partial charge in [-0.15, -0.1) is 0 Å². The third kappa shape index (κ3) is 4.78. The molecule has 0 aromatic heterocycles. The van der Waals surface area contributed by atoms with Crippen molar-refractivity contribution >= 4 is 15.6 Å². The molecule has 0 aromatic carbocycles. The van der Waals surface area contributed by atoms with Crippen LogP contribution in [0.15, 0.2) is 0 Å². The molecular formula is C13H24O3S. The van der Waals surface area contributed by atoms with Gasteiger partial charge in [0.1, 0.15) is 5.78 Å². The van der Waals surface area contributed by atoms with Crippen molar-refractivity contribution in [2.45, 2.75) is 52.4 Å². The molecule has 0 bridgehead atoms. The van der Waals surface area contributed by atoms with Gasteiger partial charge in [-0.1, -0.05) is 39.5 Å². The molecule has 1 saturated heterocycles. The van der Waals surface area contributed by atoms with Gasteiger partial charge in [-0.3, -0.25) is 4.79 Å². The van der Waals surface area contributed by atoms with E-state index in [0.717, 1.165) is 25.7 Å². The quantitative estimate of drug-likeness (QED) is 0.707. The lowest BCUT2D eigenvalue weighted by atomic mass is 9.89. The summed E-state index contributed by atoms with van der Waals surface area (Å²) in [6.07, 6.45) is 5.56. The van der Waals surface area contributed by atoms with Crippen LogP contribution in [-0.2, 0) is 14.6 Å². The molecule has 2 unspecified atom stereocenters. The van der Waals surface area contributed by atoms with E-state index in [9.17, 15) is 13.2 Å². The zero-order valence-corrected chi connectivity index (χ0v) is 11.8. The van der Waals surface area contributed by atoms with Crippen molar-refractivity contribution in [2.24, 2.45) is 11.8 Å². The number of ketones is 1. The summed E-state index contributed by atoms with van der Waals surface area (Å²) in [5.74, 6) is 0.709. The predicted molar refractivity (Wildman–Crippen MR) is 69.7 cm³/mol. The van der Waals surface area contributed by atoms with Crippen LogP contribution >= 0.6 is 0 Å². The number of sulfone groups is 1. The van der Waals surface area contributed by atoms with Gasteiger partial charge in [0.25, 0.3) is 0 Å². The minimum absolute atomic E-state index is 0.0933. The van der Waals surface area contributed by atoms with Gasteiger partial charge in [-0.25, -0.2) is 8.42 Å². The van der Waals surface area contributed by atoms with E-state index in [1.807, 2.05) is 0 Å². The Bertz CT molecular complexity index is 346. The van der Waals surface area contributed by atoms with Crippen molar-refractivity contribution in [1.29, 1.82) is 0 Å². The largest absolute Gasteiger partial charge is 0.299 e. The molecule has 0 aliphatic carbocycles. The van der Waals surface area contributed by atoms with E-state index >= 15 is 0 Å². The zero-order chi connectivity index (χ0) is 12.9. The average molecular weight is 260 g/mol. The SMILES string of the molecule is CCCCC(CC)CC(=O)C1CCS(=O)(=O)C1. The molecule has 4 heteroatoms. The number of carbonyl (C=O) groups excluding carboxylic acids is 1. The van der Waals surface area contributed by atoms with Crippen molar-refractivity contribution in [3.05, 3.63) is 0 Å². The van der Waals surface area contributed by atoms with Crippen molar-refractivity contribution < 1.29 is 13.2 Å². The number of rotatable bonds is 7. The van der Waals surface area contributed by atoms with Gasteiger partial charge < -0.3 is 0 Å². The Morgan fingerprint density at radius 1 is 1.35 bits per heavy atom. The van der Waals surface area contributed by atoms with Crippen LogP contribution in [0.3, 0.4) is 0 Å². The van der Waals surface area contributed by atoms with Crippen LogP contribution in [-0.4, -0.2) is 25.7 Å². The third-order valence-corrected chi connectivity index (χ3v) is 5.49. The van der Waals surface area contributed by atoms with Gasteiger partial charge in [0, 0.05) is 12.3 Å². The molecule has 0 radical (unpaired) electrons. The molecular weight excluding hydrogens is 236 g/mol. The smallest absolute Gasteiger partial charge is 0.151 e. The minimum Gasteiger partial charge on any atom is -0.299 e. The summed E-state index contributed by atoms with van der Waals surface area (Å²) >= 11 is 0. The summed E-state index contributed by atoms with van der Waals surface area (Å²) < 4.78 is 22.6. The molecule has 1 heterocycles.